The topological polar surface area (TPSA) is 173 Å². The highest BCUT2D eigenvalue weighted by atomic mass is 16.5. The number of likely N-dealkylation sites (N-methyl/N-ethyl adjacent to an activating group) is 1. The number of methoxy groups -OCH3 is 1. The maximum absolute atomic E-state index is 13.1. The van der Waals surface area contributed by atoms with Crippen LogP contribution in [0.15, 0.2) is 41.6 Å². The smallest absolute Gasteiger partial charge is 0.407 e. The number of H-pyrrole nitrogens is 1. The molecule has 1 unspecified atom stereocenters. The van der Waals surface area contributed by atoms with Crippen molar-refractivity contribution in [2.75, 3.05) is 26.5 Å². The predicted molar refractivity (Wildman–Crippen MR) is 142 cm³/mol. The molecule has 1 atom stereocenters. The average molecular weight is 541 g/mol. The van der Waals surface area contributed by atoms with Gasteiger partial charge in [-0.05, 0) is 44.9 Å². The van der Waals surface area contributed by atoms with E-state index in [1.165, 1.54) is 35.0 Å². The zero-order chi connectivity index (χ0) is 28.5. The molecule has 14 nitrogen and oxygen atoms in total. The zero-order valence-corrected chi connectivity index (χ0v) is 22.4. The number of alkyl carbamates (subject to hydrolysis) is 1. The van der Waals surface area contributed by atoms with Gasteiger partial charge in [-0.3, -0.25) is 14.4 Å². The van der Waals surface area contributed by atoms with Gasteiger partial charge in [0.15, 0.2) is 5.65 Å². The number of anilines is 1. The van der Waals surface area contributed by atoms with Gasteiger partial charge in [-0.2, -0.15) is 4.98 Å². The van der Waals surface area contributed by atoms with Gasteiger partial charge in [-0.1, -0.05) is 6.08 Å². The molecule has 0 aliphatic rings. The number of fused-ring (bicyclic) bond motifs is 1. The van der Waals surface area contributed by atoms with Crippen LogP contribution in [0.5, 0.6) is 5.88 Å². The second kappa shape index (κ2) is 13.2. The van der Waals surface area contributed by atoms with Gasteiger partial charge in [0.25, 0.3) is 5.56 Å². The Bertz CT molecular complexity index is 1410. The number of carbonyl (C=O) groups is 3. The first kappa shape index (κ1) is 28.8. The third-order valence-corrected chi connectivity index (χ3v) is 5.37. The molecule has 0 aliphatic heterocycles. The molecule has 0 fully saturated rings. The van der Waals surface area contributed by atoms with E-state index >= 15 is 0 Å². The Hall–Kier alpha value is -4.75. The number of nitrogens with one attached hydrogen (secondary N) is 3. The number of ether oxygens (including phenoxy) is 2. The maximum atomic E-state index is 13.1. The molecule has 0 aliphatic carbocycles. The fourth-order valence-electron chi connectivity index (χ4n) is 3.45. The molecule has 3 amide bonds. The molecular weight excluding hydrogens is 508 g/mol. The Morgan fingerprint density at radius 2 is 2.00 bits per heavy atom. The van der Waals surface area contributed by atoms with Crippen molar-refractivity contribution in [2.24, 2.45) is 0 Å². The summed E-state index contributed by atoms with van der Waals surface area (Å²) in [6, 6.07) is 2.05. The number of carbonyl (C=O) groups excluding carboxylic acids is 3. The first-order valence-corrected chi connectivity index (χ1v) is 12.2. The fourth-order valence-corrected chi connectivity index (χ4v) is 3.45. The van der Waals surface area contributed by atoms with Gasteiger partial charge in [0.1, 0.15) is 29.4 Å². The van der Waals surface area contributed by atoms with Crippen molar-refractivity contribution in [1.82, 2.24) is 34.7 Å². The Kier molecular flexibility index (Phi) is 9.73. The molecule has 3 rings (SSSR count). The minimum Gasteiger partial charge on any atom is -0.473 e. The lowest BCUT2D eigenvalue weighted by molar-refractivity contribution is -0.123. The molecule has 0 spiro atoms. The van der Waals surface area contributed by atoms with Gasteiger partial charge in [0, 0.05) is 20.3 Å². The number of rotatable bonds is 11. The summed E-state index contributed by atoms with van der Waals surface area (Å²) >= 11 is 0. The number of imidazole rings is 1. The van der Waals surface area contributed by atoms with Gasteiger partial charge in [0.2, 0.25) is 17.7 Å². The third-order valence-electron chi connectivity index (χ3n) is 5.37. The number of hydrogen-bond acceptors (Lipinski definition) is 9. The van der Waals surface area contributed by atoms with E-state index in [0.717, 1.165) is 0 Å². The molecule has 0 saturated heterocycles. The molecule has 3 N–H and O–H groups in total. The quantitative estimate of drug-likeness (QED) is 0.304. The van der Waals surface area contributed by atoms with Crippen LogP contribution in [0.1, 0.15) is 32.5 Å². The lowest BCUT2D eigenvalue weighted by atomic mass is 10.1. The summed E-state index contributed by atoms with van der Waals surface area (Å²) in [7, 11) is 4.42. The van der Waals surface area contributed by atoms with E-state index in [2.05, 4.69) is 35.3 Å². The molecule has 3 aromatic rings. The van der Waals surface area contributed by atoms with Crippen molar-refractivity contribution >= 4 is 34.8 Å². The highest BCUT2D eigenvalue weighted by Gasteiger charge is 2.22. The van der Waals surface area contributed by atoms with Crippen LogP contribution in [-0.4, -0.2) is 80.7 Å². The van der Waals surface area contributed by atoms with E-state index in [-0.39, 0.29) is 30.7 Å². The van der Waals surface area contributed by atoms with Crippen molar-refractivity contribution in [3.05, 3.63) is 53.0 Å². The number of aromatic nitrogens is 5. The Morgan fingerprint density at radius 3 is 2.69 bits per heavy atom. The zero-order valence-electron chi connectivity index (χ0n) is 22.4. The van der Waals surface area contributed by atoms with E-state index in [4.69, 9.17) is 4.74 Å². The van der Waals surface area contributed by atoms with Gasteiger partial charge >= 0.3 is 6.09 Å². The molecule has 0 radical (unpaired) electrons. The maximum Gasteiger partial charge on any atom is 0.407 e. The average Bonchev–Trinajstić information content (AvgIpc) is 3.31. The number of amides is 3. The Balaban J connectivity index is 1.75. The van der Waals surface area contributed by atoms with E-state index in [9.17, 15) is 19.2 Å². The van der Waals surface area contributed by atoms with Crippen LogP contribution in [-0.2, 0) is 20.9 Å². The van der Waals surface area contributed by atoms with Crippen LogP contribution in [0, 0.1) is 0 Å². The second-order valence-electron chi connectivity index (χ2n) is 8.97. The molecule has 0 saturated carbocycles. The standard InChI is InChI=1S/C25H32N8O6/c1-15(2)39-23-20-21(26-14-27-23)31-18(30-20)13-33-12-8-10-17(24(33)36)28-22(35)16(29-25(37)38-5)9-6-7-11-19(34)32(3)4/h7-8,10-12,14-16H,6,9,13H2,1-5H3,(H,28,35)(H,29,37)(H,26,27,30,31)/b11-7+. The minimum absolute atomic E-state index is 0.0113. The first-order chi connectivity index (χ1) is 18.6. The summed E-state index contributed by atoms with van der Waals surface area (Å²) < 4.78 is 11.7. The molecule has 3 heterocycles. The summed E-state index contributed by atoms with van der Waals surface area (Å²) in [5.74, 6) is -0.0276. The monoisotopic (exact) mass is 540 g/mol. The van der Waals surface area contributed by atoms with E-state index in [1.54, 1.807) is 32.4 Å². The van der Waals surface area contributed by atoms with Gasteiger partial charge in [-0.15, -0.1) is 0 Å². The molecule has 39 heavy (non-hydrogen) atoms. The lowest BCUT2D eigenvalue weighted by Gasteiger charge is -2.17. The Morgan fingerprint density at radius 1 is 1.23 bits per heavy atom. The number of nitrogens with zero attached hydrogens (tertiary/aromatic N) is 5. The lowest BCUT2D eigenvalue weighted by Crippen LogP contribution is -2.44. The van der Waals surface area contributed by atoms with E-state index in [0.29, 0.717) is 29.3 Å². The molecule has 0 bridgehead atoms. The van der Waals surface area contributed by atoms with Crippen molar-refractivity contribution in [1.29, 1.82) is 0 Å². The van der Waals surface area contributed by atoms with Crippen molar-refractivity contribution in [3.63, 3.8) is 0 Å². The van der Waals surface area contributed by atoms with Crippen molar-refractivity contribution in [3.8, 4) is 5.88 Å². The van der Waals surface area contributed by atoms with E-state index < -0.39 is 23.6 Å². The highest BCUT2D eigenvalue weighted by Crippen LogP contribution is 2.20. The van der Waals surface area contributed by atoms with Crippen LogP contribution >= 0.6 is 0 Å². The second-order valence-corrected chi connectivity index (χ2v) is 8.97. The molecule has 3 aromatic heterocycles. The van der Waals surface area contributed by atoms with Crippen LogP contribution in [0.25, 0.3) is 11.2 Å². The number of pyridine rings is 1. The minimum atomic E-state index is -1.02. The van der Waals surface area contributed by atoms with E-state index in [1.807, 2.05) is 13.8 Å². The summed E-state index contributed by atoms with van der Waals surface area (Å²) in [5.41, 5.74) is 0.435. The SMILES string of the molecule is COC(=O)NC(CC/C=C/C(=O)N(C)C)C(=O)Nc1cccn(Cc2nc3ncnc(OC(C)C)c3[nH]2)c1=O. The largest absolute Gasteiger partial charge is 0.473 e. The number of allylic oxidation sites excluding steroid dienone is 1. The summed E-state index contributed by atoms with van der Waals surface area (Å²) in [6.45, 7) is 3.81. The predicted octanol–water partition coefficient (Wildman–Crippen LogP) is 1.44. The normalized spacial score (nSPS) is 11.9. The number of hydrogen-bond donors (Lipinski definition) is 3. The summed E-state index contributed by atoms with van der Waals surface area (Å²) in [6.07, 6.45) is 5.46. The molecule has 208 valence electrons. The molecular formula is C25H32N8O6. The van der Waals surface area contributed by atoms with Gasteiger partial charge in [-0.25, -0.2) is 14.8 Å². The molecule has 0 aromatic carbocycles. The van der Waals surface area contributed by atoms with Crippen molar-refractivity contribution < 1.29 is 23.9 Å². The fraction of sp³-hybridized carbons (Fsp3) is 0.400. The highest BCUT2D eigenvalue weighted by molar-refractivity contribution is 5.96. The van der Waals surface area contributed by atoms with Gasteiger partial charge in [0.05, 0.1) is 19.8 Å². The molecule has 14 heteroatoms. The van der Waals surface area contributed by atoms with Crippen molar-refractivity contribution in [2.45, 2.75) is 45.4 Å². The summed E-state index contributed by atoms with van der Waals surface area (Å²) in [4.78, 5) is 66.8. The third kappa shape index (κ3) is 7.87. The Labute approximate surface area is 224 Å². The van der Waals surface area contributed by atoms with Gasteiger partial charge < -0.3 is 34.6 Å². The van der Waals surface area contributed by atoms with Crippen LogP contribution < -0.4 is 20.9 Å². The number of aromatic amines is 1. The van der Waals surface area contributed by atoms with Crippen LogP contribution in [0.2, 0.25) is 0 Å². The first-order valence-electron chi connectivity index (χ1n) is 12.2. The van der Waals surface area contributed by atoms with Crippen LogP contribution in [0.4, 0.5) is 10.5 Å². The van der Waals surface area contributed by atoms with Crippen LogP contribution in [0.3, 0.4) is 0 Å². The summed E-state index contributed by atoms with van der Waals surface area (Å²) in [5, 5.41) is 5.03.